The normalized spacial score (nSPS) is 11.8. The Bertz CT molecular complexity index is 314. The standard InChI is InChI=1S/C12H19NO/c1-8-5-10(7-12(3,4)13)6-9(2)11(8)14/h5-6,14H,7,13H2,1-4H3. The number of hydrogen-bond acceptors (Lipinski definition) is 2. The Morgan fingerprint density at radius 2 is 1.64 bits per heavy atom. The van der Waals surface area contributed by atoms with Crippen molar-refractivity contribution in [2.24, 2.45) is 5.73 Å². The van der Waals surface area contributed by atoms with Gasteiger partial charge in [-0.2, -0.15) is 0 Å². The fraction of sp³-hybridized carbons (Fsp3) is 0.500. The largest absolute Gasteiger partial charge is 0.507 e. The van der Waals surface area contributed by atoms with Gasteiger partial charge in [0, 0.05) is 5.54 Å². The number of aromatic hydroxyl groups is 1. The predicted octanol–water partition coefficient (Wildman–Crippen LogP) is 2.29. The maximum absolute atomic E-state index is 9.60. The molecule has 0 spiro atoms. The van der Waals surface area contributed by atoms with Crippen LogP contribution < -0.4 is 5.73 Å². The van der Waals surface area contributed by atoms with Gasteiger partial charge in [0.1, 0.15) is 5.75 Å². The summed E-state index contributed by atoms with van der Waals surface area (Å²) in [5.41, 5.74) is 8.77. The Morgan fingerprint density at radius 1 is 1.21 bits per heavy atom. The Labute approximate surface area is 85.8 Å². The number of benzene rings is 1. The third-order valence-electron chi connectivity index (χ3n) is 2.21. The molecule has 0 radical (unpaired) electrons. The van der Waals surface area contributed by atoms with Crippen LogP contribution in [0, 0.1) is 13.8 Å². The summed E-state index contributed by atoms with van der Waals surface area (Å²) >= 11 is 0. The van der Waals surface area contributed by atoms with Gasteiger partial charge in [0.25, 0.3) is 0 Å². The van der Waals surface area contributed by atoms with Crippen molar-refractivity contribution in [3.05, 3.63) is 28.8 Å². The van der Waals surface area contributed by atoms with Crippen molar-refractivity contribution >= 4 is 0 Å². The molecule has 0 amide bonds. The number of hydrogen-bond donors (Lipinski definition) is 2. The average molecular weight is 193 g/mol. The molecule has 0 unspecified atom stereocenters. The lowest BCUT2D eigenvalue weighted by molar-refractivity contribution is 0.465. The lowest BCUT2D eigenvalue weighted by Crippen LogP contribution is -2.34. The van der Waals surface area contributed by atoms with E-state index in [0.29, 0.717) is 5.75 Å². The van der Waals surface area contributed by atoms with Crippen LogP contribution in [0.2, 0.25) is 0 Å². The van der Waals surface area contributed by atoms with E-state index in [1.807, 2.05) is 39.8 Å². The van der Waals surface area contributed by atoms with Gasteiger partial charge in [-0.3, -0.25) is 0 Å². The van der Waals surface area contributed by atoms with Gasteiger partial charge in [-0.05, 0) is 50.8 Å². The molecule has 0 saturated heterocycles. The smallest absolute Gasteiger partial charge is 0.121 e. The first-order valence-corrected chi connectivity index (χ1v) is 4.87. The van der Waals surface area contributed by atoms with E-state index >= 15 is 0 Å². The summed E-state index contributed by atoms with van der Waals surface area (Å²) < 4.78 is 0. The van der Waals surface area contributed by atoms with Crippen molar-refractivity contribution in [2.75, 3.05) is 0 Å². The molecule has 0 heterocycles. The van der Waals surface area contributed by atoms with E-state index in [0.717, 1.165) is 17.5 Å². The van der Waals surface area contributed by atoms with E-state index in [4.69, 9.17) is 5.73 Å². The first kappa shape index (κ1) is 11.1. The van der Waals surface area contributed by atoms with Crippen LogP contribution in [0.5, 0.6) is 5.75 Å². The van der Waals surface area contributed by atoms with Crippen LogP contribution in [0.15, 0.2) is 12.1 Å². The van der Waals surface area contributed by atoms with E-state index in [-0.39, 0.29) is 5.54 Å². The highest BCUT2D eigenvalue weighted by Crippen LogP contribution is 2.24. The van der Waals surface area contributed by atoms with E-state index < -0.39 is 0 Å². The summed E-state index contributed by atoms with van der Waals surface area (Å²) in [7, 11) is 0. The molecule has 0 fully saturated rings. The van der Waals surface area contributed by atoms with Crippen LogP contribution in [0.4, 0.5) is 0 Å². The number of phenolic OH excluding ortho intramolecular Hbond substituents is 1. The molecule has 0 saturated carbocycles. The zero-order valence-corrected chi connectivity index (χ0v) is 9.39. The van der Waals surface area contributed by atoms with Gasteiger partial charge >= 0.3 is 0 Å². The van der Waals surface area contributed by atoms with Crippen molar-refractivity contribution in [3.8, 4) is 5.75 Å². The highest BCUT2D eigenvalue weighted by molar-refractivity contribution is 5.42. The third-order valence-corrected chi connectivity index (χ3v) is 2.21. The SMILES string of the molecule is Cc1cc(CC(C)(C)N)cc(C)c1O. The molecule has 0 aliphatic heterocycles. The number of rotatable bonds is 2. The quantitative estimate of drug-likeness (QED) is 0.757. The van der Waals surface area contributed by atoms with Gasteiger partial charge in [-0.25, -0.2) is 0 Å². The monoisotopic (exact) mass is 193 g/mol. The molecule has 0 atom stereocenters. The second-order valence-corrected chi connectivity index (χ2v) is 4.74. The van der Waals surface area contributed by atoms with E-state index in [1.54, 1.807) is 0 Å². The molecule has 0 aromatic heterocycles. The Kier molecular flexibility index (Phi) is 2.86. The zero-order chi connectivity index (χ0) is 10.9. The van der Waals surface area contributed by atoms with Crippen molar-refractivity contribution in [3.63, 3.8) is 0 Å². The second kappa shape index (κ2) is 3.62. The van der Waals surface area contributed by atoms with Gasteiger partial charge in [0.05, 0.1) is 0 Å². The van der Waals surface area contributed by atoms with Crippen molar-refractivity contribution in [1.82, 2.24) is 0 Å². The van der Waals surface area contributed by atoms with Gasteiger partial charge in [0.15, 0.2) is 0 Å². The lowest BCUT2D eigenvalue weighted by Gasteiger charge is -2.19. The van der Waals surface area contributed by atoms with E-state index in [2.05, 4.69) is 0 Å². The van der Waals surface area contributed by atoms with Gasteiger partial charge in [-0.15, -0.1) is 0 Å². The molecule has 1 rings (SSSR count). The highest BCUT2D eigenvalue weighted by atomic mass is 16.3. The molecule has 3 N–H and O–H groups in total. The third kappa shape index (κ3) is 2.74. The summed E-state index contributed by atoms with van der Waals surface area (Å²) in [5.74, 6) is 0.392. The molecule has 1 aromatic carbocycles. The minimum absolute atomic E-state index is 0.199. The van der Waals surface area contributed by atoms with Crippen LogP contribution >= 0.6 is 0 Å². The number of aryl methyl sites for hydroxylation is 2. The predicted molar refractivity (Wildman–Crippen MR) is 59.6 cm³/mol. The van der Waals surface area contributed by atoms with Crippen LogP contribution in [0.3, 0.4) is 0 Å². The van der Waals surface area contributed by atoms with Crippen molar-refractivity contribution in [2.45, 2.75) is 39.7 Å². The van der Waals surface area contributed by atoms with Gasteiger partial charge in [-0.1, -0.05) is 12.1 Å². The summed E-state index contributed by atoms with van der Waals surface area (Å²) in [6, 6.07) is 3.99. The first-order chi connectivity index (χ1) is 6.29. The summed E-state index contributed by atoms with van der Waals surface area (Å²) in [4.78, 5) is 0. The minimum Gasteiger partial charge on any atom is -0.507 e. The zero-order valence-electron chi connectivity index (χ0n) is 9.39. The Morgan fingerprint density at radius 3 is 2.00 bits per heavy atom. The fourth-order valence-electron chi connectivity index (χ4n) is 1.67. The average Bonchev–Trinajstić information content (AvgIpc) is 1.96. The van der Waals surface area contributed by atoms with Crippen LogP contribution in [-0.4, -0.2) is 10.6 Å². The Hall–Kier alpha value is -1.02. The van der Waals surface area contributed by atoms with Gasteiger partial charge in [0.2, 0.25) is 0 Å². The summed E-state index contributed by atoms with van der Waals surface area (Å²) in [6.07, 6.45) is 0.828. The number of nitrogens with two attached hydrogens (primary N) is 1. The highest BCUT2D eigenvalue weighted by Gasteiger charge is 2.13. The van der Waals surface area contributed by atoms with Crippen LogP contribution in [0.1, 0.15) is 30.5 Å². The molecule has 2 heteroatoms. The summed E-state index contributed by atoms with van der Waals surface area (Å²) in [5, 5.41) is 9.60. The molecule has 2 nitrogen and oxygen atoms in total. The summed E-state index contributed by atoms with van der Waals surface area (Å²) in [6.45, 7) is 7.83. The van der Waals surface area contributed by atoms with Crippen LogP contribution in [0.25, 0.3) is 0 Å². The second-order valence-electron chi connectivity index (χ2n) is 4.74. The van der Waals surface area contributed by atoms with E-state index in [9.17, 15) is 5.11 Å². The molecule has 0 aliphatic rings. The van der Waals surface area contributed by atoms with Crippen LogP contribution in [-0.2, 0) is 6.42 Å². The topological polar surface area (TPSA) is 46.2 Å². The number of phenols is 1. The van der Waals surface area contributed by atoms with Crippen molar-refractivity contribution in [1.29, 1.82) is 0 Å². The fourth-order valence-corrected chi connectivity index (χ4v) is 1.67. The van der Waals surface area contributed by atoms with Gasteiger partial charge < -0.3 is 10.8 Å². The Balaban J connectivity index is 3.02. The molecule has 14 heavy (non-hydrogen) atoms. The minimum atomic E-state index is -0.199. The molecule has 0 bridgehead atoms. The van der Waals surface area contributed by atoms with Crippen molar-refractivity contribution < 1.29 is 5.11 Å². The molecule has 78 valence electrons. The molecular formula is C12H19NO. The maximum Gasteiger partial charge on any atom is 0.121 e. The lowest BCUT2D eigenvalue weighted by atomic mass is 9.94. The van der Waals surface area contributed by atoms with E-state index in [1.165, 1.54) is 5.56 Å². The maximum atomic E-state index is 9.60. The molecule has 1 aromatic rings. The molecule has 0 aliphatic carbocycles. The molecular weight excluding hydrogens is 174 g/mol. The first-order valence-electron chi connectivity index (χ1n) is 4.87.